The van der Waals surface area contributed by atoms with Gasteiger partial charge in [0.25, 0.3) is 0 Å². The smallest absolute Gasteiger partial charge is 0.140 e. The Balaban J connectivity index is 2.36. The maximum Gasteiger partial charge on any atom is 0.140 e. The molecule has 0 saturated heterocycles. The lowest BCUT2D eigenvalue weighted by Gasteiger charge is -2.12. The maximum atomic E-state index is 10.1. The summed E-state index contributed by atoms with van der Waals surface area (Å²) in [6.07, 6.45) is 1.35. The molecular formula is C12H15BrO2. The highest BCUT2D eigenvalue weighted by molar-refractivity contribution is 9.10. The van der Waals surface area contributed by atoms with Gasteiger partial charge in [0, 0.05) is 5.56 Å². The third kappa shape index (κ3) is 1.91. The molecule has 1 heterocycles. The van der Waals surface area contributed by atoms with E-state index in [4.69, 9.17) is 4.74 Å². The van der Waals surface area contributed by atoms with Crippen molar-refractivity contribution in [3.05, 3.63) is 27.7 Å². The molecule has 0 saturated carbocycles. The molecular weight excluding hydrogens is 256 g/mol. The van der Waals surface area contributed by atoms with Crippen LogP contribution in [-0.4, -0.2) is 11.2 Å². The number of ether oxygens (including phenoxy) is 1. The number of hydrogen-bond acceptors (Lipinski definition) is 2. The van der Waals surface area contributed by atoms with Crippen molar-refractivity contribution in [3.8, 4) is 5.75 Å². The Bertz CT molecular complexity index is 376. The second-order valence-corrected chi connectivity index (χ2v) is 4.91. The average molecular weight is 271 g/mol. The van der Waals surface area contributed by atoms with Gasteiger partial charge in [-0.25, -0.2) is 0 Å². The fraction of sp³-hybridized carbons (Fsp3) is 0.500. The van der Waals surface area contributed by atoms with Crippen LogP contribution in [0.5, 0.6) is 5.75 Å². The second kappa shape index (κ2) is 4.14. The summed E-state index contributed by atoms with van der Waals surface area (Å²) in [6, 6.07) is 4.01. The first-order valence-corrected chi connectivity index (χ1v) is 6.07. The van der Waals surface area contributed by atoms with Crippen molar-refractivity contribution in [3.63, 3.8) is 0 Å². The van der Waals surface area contributed by atoms with E-state index in [0.29, 0.717) is 0 Å². The van der Waals surface area contributed by atoms with Crippen molar-refractivity contribution in [1.29, 1.82) is 0 Å². The standard InChI is InChI=1S/C12H15BrO2/c1-3-4-10-11(14)8-5-7(2)6-9(13)12(8)15-10/h5-6,10-11,14H,3-4H2,1-2H3. The number of hydrogen-bond donors (Lipinski definition) is 1. The molecule has 1 aromatic carbocycles. The van der Waals surface area contributed by atoms with E-state index >= 15 is 0 Å². The van der Waals surface area contributed by atoms with Gasteiger partial charge in [-0.05, 0) is 47.0 Å². The largest absolute Gasteiger partial charge is 0.486 e. The molecule has 0 spiro atoms. The summed E-state index contributed by atoms with van der Waals surface area (Å²) in [5.41, 5.74) is 2.06. The Morgan fingerprint density at radius 3 is 2.87 bits per heavy atom. The van der Waals surface area contributed by atoms with Gasteiger partial charge >= 0.3 is 0 Å². The Morgan fingerprint density at radius 2 is 2.20 bits per heavy atom. The molecule has 82 valence electrons. The van der Waals surface area contributed by atoms with Gasteiger partial charge in [0.1, 0.15) is 18.0 Å². The summed E-state index contributed by atoms with van der Waals surface area (Å²) >= 11 is 3.47. The molecule has 0 aromatic heterocycles. The van der Waals surface area contributed by atoms with Gasteiger partial charge in [0.05, 0.1) is 4.47 Å². The van der Waals surface area contributed by atoms with Crippen LogP contribution in [0.15, 0.2) is 16.6 Å². The van der Waals surface area contributed by atoms with Crippen molar-refractivity contribution in [2.45, 2.75) is 38.9 Å². The molecule has 0 bridgehead atoms. The van der Waals surface area contributed by atoms with E-state index in [1.807, 2.05) is 19.1 Å². The first-order chi connectivity index (χ1) is 7.13. The topological polar surface area (TPSA) is 29.5 Å². The lowest BCUT2D eigenvalue weighted by molar-refractivity contribution is 0.0614. The zero-order valence-corrected chi connectivity index (χ0v) is 10.5. The molecule has 1 aliphatic rings. The average Bonchev–Trinajstić information content (AvgIpc) is 2.47. The molecule has 0 fully saturated rings. The van der Waals surface area contributed by atoms with Gasteiger partial charge < -0.3 is 9.84 Å². The minimum Gasteiger partial charge on any atom is -0.486 e. The van der Waals surface area contributed by atoms with Crippen LogP contribution in [0.1, 0.15) is 37.0 Å². The highest BCUT2D eigenvalue weighted by atomic mass is 79.9. The SMILES string of the molecule is CCCC1Oc2c(Br)cc(C)cc2C1O. The summed E-state index contributed by atoms with van der Waals surface area (Å²) in [4.78, 5) is 0. The maximum absolute atomic E-state index is 10.1. The van der Waals surface area contributed by atoms with Gasteiger partial charge in [-0.3, -0.25) is 0 Å². The molecule has 2 atom stereocenters. The van der Waals surface area contributed by atoms with Crippen molar-refractivity contribution in [2.75, 3.05) is 0 Å². The van der Waals surface area contributed by atoms with Crippen LogP contribution in [0.2, 0.25) is 0 Å². The van der Waals surface area contributed by atoms with Gasteiger partial charge in [-0.15, -0.1) is 0 Å². The molecule has 3 heteroatoms. The first-order valence-electron chi connectivity index (χ1n) is 5.28. The Labute approximate surface area is 98.4 Å². The van der Waals surface area contributed by atoms with E-state index in [-0.39, 0.29) is 6.10 Å². The van der Waals surface area contributed by atoms with Crippen LogP contribution in [-0.2, 0) is 0 Å². The third-order valence-electron chi connectivity index (χ3n) is 2.73. The van der Waals surface area contributed by atoms with Crippen LogP contribution >= 0.6 is 15.9 Å². The molecule has 15 heavy (non-hydrogen) atoms. The number of fused-ring (bicyclic) bond motifs is 1. The van der Waals surface area contributed by atoms with E-state index < -0.39 is 6.10 Å². The van der Waals surface area contributed by atoms with Gasteiger partial charge in [-0.1, -0.05) is 13.3 Å². The molecule has 2 rings (SSSR count). The number of aliphatic hydroxyl groups is 1. The Hall–Kier alpha value is -0.540. The second-order valence-electron chi connectivity index (χ2n) is 4.05. The summed E-state index contributed by atoms with van der Waals surface area (Å²) < 4.78 is 6.69. The summed E-state index contributed by atoms with van der Waals surface area (Å²) in [5.74, 6) is 0.812. The molecule has 0 radical (unpaired) electrons. The van der Waals surface area contributed by atoms with Crippen molar-refractivity contribution in [1.82, 2.24) is 0 Å². The van der Waals surface area contributed by atoms with Crippen molar-refractivity contribution < 1.29 is 9.84 Å². The molecule has 2 nitrogen and oxygen atoms in total. The lowest BCUT2D eigenvalue weighted by atomic mass is 10.0. The molecule has 1 aromatic rings. The minimum atomic E-state index is -0.476. The van der Waals surface area contributed by atoms with E-state index in [1.54, 1.807) is 0 Å². The molecule has 1 N–H and O–H groups in total. The fourth-order valence-corrected chi connectivity index (χ4v) is 2.70. The van der Waals surface area contributed by atoms with Crippen molar-refractivity contribution >= 4 is 15.9 Å². The molecule has 0 aliphatic carbocycles. The minimum absolute atomic E-state index is 0.0805. The predicted octanol–water partition coefficient (Wildman–Crippen LogP) is 3.35. The van der Waals surface area contributed by atoms with Gasteiger partial charge in [-0.2, -0.15) is 0 Å². The number of rotatable bonds is 2. The van der Waals surface area contributed by atoms with Crippen LogP contribution < -0.4 is 4.74 Å². The van der Waals surface area contributed by atoms with Gasteiger partial charge in [0.15, 0.2) is 0 Å². The molecule has 1 aliphatic heterocycles. The monoisotopic (exact) mass is 270 g/mol. The normalized spacial score (nSPS) is 23.7. The van der Waals surface area contributed by atoms with E-state index in [2.05, 4.69) is 22.9 Å². The van der Waals surface area contributed by atoms with E-state index in [9.17, 15) is 5.11 Å². The van der Waals surface area contributed by atoms with E-state index in [1.165, 1.54) is 0 Å². The Kier molecular flexibility index (Phi) is 3.03. The first kappa shape index (κ1) is 11.0. The number of aliphatic hydroxyl groups excluding tert-OH is 1. The highest BCUT2D eigenvalue weighted by Gasteiger charge is 2.33. The predicted molar refractivity (Wildman–Crippen MR) is 63.2 cm³/mol. The van der Waals surface area contributed by atoms with Crippen molar-refractivity contribution in [2.24, 2.45) is 0 Å². The quantitative estimate of drug-likeness (QED) is 0.893. The molecule has 0 amide bonds. The number of benzene rings is 1. The van der Waals surface area contributed by atoms with Crippen LogP contribution in [0.25, 0.3) is 0 Å². The van der Waals surface area contributed by atoms with Crippen LogP contribution in [0.4, 0.5) is 0 Å². The number of halogens is 1. The van der Waals surface area contributed by atoms with Crippen LogP contribution in [0.3, 0.4) is 0 Å². The summed E-state index contributed by atoms with van der Waals surface area (Å²) in [7, 11) is 0. The lowest BCUT2D eigenvalue weighted by Crippen LogP contribution is -2.17. The zero-order valence-electron chi connectivity index (χ0n) is 8.96. The fourth-order valence-electron chi connectivity index (χ4n) is 2.02. The highest BCUT2D eigenvalue weighted by Crippen LogP contribution is 2.43. The molecule has 2 unspecified atom stereocenters. The zero-order chi connectivity index (χ0) is 11.0. The Morgan fingerprint density at radius 1 is 1.47 bits per heavy atom. The summed E-state index contributed by atoms with van der Waals surface area (Å²) in [6.45, 7) is 4.12. The summed E-state index contributed by atoms with van der Waals surface area (Å²) in [5, 5.41) is 10.1. The van der Waals surface area contributed by atoms with Gasteiger partial charge in [0.2, 0.25) is 0 Å². The van der Waals surface area contributed by atoms with Crippen LogP contribution in [0, 0.1) is 6.92 Å². The van der Waals surface area contributed by atoms with E-state index in [0.717, 1.165) is 34.2 Å². The number of aryl methyl sites for hydroxylation is 1. The third-order valence-corrected chi connectivity index (χ3v) is 3.32.